The third kappa shape index (κ3) is 4.19. The molecule has 1 aromatic carbocycles. The molecule has 0 fully saturated rings. The summed E-state index contributed by atoms with van der Waals surface area (Å²) in [5, 5.41) is 9.50. The Kier molecular flexibility index (Phi) is 5.52. The van der Waals surface area contributed by atoms with Crippen LogP contribution in [-0.2, 0) is 17.7 Å². The highest BCUT2D eigenvalue weighted by molar-refractivity contribution is 7.98. The number of nitrogens with zero attached hydrogens (tertiary/aromatic N) is 5. The van der Waals surface area contributed by atoms with Crippen molar-refractivity contribution < 1.29 is 0 Å². The van der Waals surface area contributed by atoms with Crippen molar-refractivity contribution in [3.05, 3.63) is 66.6 Å². The van der Waals surface area contributed by atoms with Crippen LogP contribution >= 0.6 is 11.8 Å². The van der Waals surface area contributed by atoms with Gasteiger partial charge in [0.15, 0.2) is 11.0 Å². The SMILES string of the molecule is C=CCn1c(SCc2ccc(C(C)(C)C)cc2)nnc1-c1cnccn1. The number of benzene rings is 1. The zero-order chi connectivity index (χ0) is 18.6. The summed E-state index contributed by atoms with van der Waals surface area (Å²) in [6.45, 7) is 11.1. The van der Waals surface area contributed by atoms with Crippen LogP contribution < -0.4 is 0 Å². The fraction of sp³-hybridized carbons (Fsp3) is 0.300. The highest BCUT2D eigenvalue weighted by Crippen LogP contribution is 2.27. The summed E-state index contributed by atoms with van der Waals surface area (Å²) in [5.41, 5.74) is 3.48. The van der Waals surface area contributed by atoms with Crippen molar-refractivity contribution in [2.45, 2.75) is 43.6 Å². The Bertz CT molecular complexity index is 863. The van der Waals surface area contributed by atoms with E-state index >= 15 is 0 Å². The average molecular weight is 366 g/mol. The van der Waals surface area contributed by atoms with Gasteiger partial charge in [-0.3, -0.25) is 9.55 Å². The molecule has 0 aliphatic carbocycles. The molecule has 5 nitrogen and oxygen atoms in total. The van der Waals surface area contributed by atoms with Crippen molar-refractivity contribution >= 4 is 11.8 Å². The second-order valence-electron chi connectivity index (χ2n) is 7.03. The molecule has 3 rings (SSSR count). The van der Waals surface area contributed by atoms with E-state index in [4.69, 9.17) is 0 Å². The second-order valence-corrected chi connectivity index (χ2v) is 7.97. The molecule has 0 bridgehead atoms. The largest absolute Gasteiger partial charge is 0.297 e. The smallest absolute Gasteiger partial charge is 0.192 e. The molecule has 0 amide bonds. The molecule has 0 saturated carbocycles. The van der Waals surface area contributed by atoms with Crippen molar-refractivity contribution in [2.24, 2.45) is 0 Å². The highest BCUT2D eigenvalue weighted by Gasteiger charge is 2.16. The predicted molar refractivity (Wildman–Crippen MR) is 106 cm³/mol. The van der Waals surface area contributed by atoms with E-state index in [1.165, 1.54) is 11.1 Å². The van der Waals surface area contributed by atoms with Gasteiger partial charge in [-0.2, -0.15) is 0 Å². The van der Waals surface area contributed by atoms with Crippen LogP contribution in [0.3, 0.4) is 0 Å². The van der Waals surface area contributed by atoms with Crippen LogP contribution in [0.4, 0.5) is 0 Å². The average Bonchev–Trinajstić information content (AvgIpc) is 3.03. The number of hydrogen-bond donors (Lipinski definition) is 0. The summed E-state index contributed by atoms with van der Waals surface area (Å²) in [4.78, 5) is 8.44. The van der Waals surface area contributed by atoms with Gasteiger partial charge in [-0.15, -0.1) is 16.8 Å². The lowest BCUT2D eigenvalue weighted by molar-refractivity contribution is 0.590. The molecule has 0 saturated heterocycles. The summed E-state index contributed by atoms with van der Waals surface area (Å²) < 4.78 is 2.02. The number of thioether (sulfide) groups is 1. The normalized spacial score (nSPS) is 11.5. The van der Waals surface area contributed by atoms with Crippen LogP contribution in [0.2, 0.25) is 0 Å². The summed E-state index contributed by atoms with van der Waals surface area (Å²) in [6.07, 6.45) is 6.84. The molecule has 3 aromatic rings. The number of rotatable bonds is 6. The minimum atomic E-state index is 0.168. The highest BCUT2D eigenvalue weighted by atomic mass is 32.2. The molecule has 0 radical (unpaired) electrons. The maximum Gasteiger partial charge on any atom is 0.192 e. The Labute approximate surface area is 158 Å². The van der Waals surface area contributed by atoms with Crippen LogP contribution in [0.15, 0.2) is 60.7 Å². The van der Waals surface area contributed by atoms with E-state index in [0.717, 1.165) is 10.9 Å². The van der Waals surface area contributed by atoms with E-state index in [1.54, 1.807) is 30.4 Å². The van der Waals surface area contributed by atoms with Gasteiger partial charge < -0.3 is 0 Å². The first-order valence-electron chi connectivity index (χ1n) is 8.52. The number of aromatic nitrogens is 5. The molecule has 0 aliphatic heterocycles. The second kappa shape index (κ2) is 7.83. The van der Waals surface area contributed by atoms with E-state index in [-0.39, 0.29) is 5.41 Å². The van der Waals surface area contributed by atoms with Gasteiger partial charge in [0.25, 0.3) is 0 Å². The van der Waals surface area contributed by atoms with Crippen LogP contribution in [0.5, 0.6) is 0 Å². The molecule has 2 heterocycles. The Morgan fingerprint density at radius 3 is 2.50 bits per heavy atom. The summed E-state index contributed by atoms with van der Waals surface area (Å²) in [7, 11) is 0. The molecular weight excluding hydrogens is 342 g/mol. The van der Waals surface area contributed by atoms with E-state index in [0.29, 0.717) is 18.1 Å². The first-order valence-corrected chi connectivity index (χ1v) is 9.50. The monoisotopic (exact) mass is 365 g/mol. The molecule has 26 heavy (non-hydrogen) atoms. The molecule has 134 valence electrons. The summed E-state index contributed by atoms with van der Waals surface area (Å²) in [6, 6.07) is 8.78. The Hall–Kier alpha value is -2.47. The fourth-order valence-electron chi connectivity index (χ4n) is 2.54. The molecule has 0 N–H and O–H groups in total. The van der Waals surface area contributed by atoms with E-state index in [9.17, 15) is 0 Å². The fourth-order valence-corrected chi connectivity index (χ4v) is 3.45. The quantitative estimate of drug-likeness (QED) is 0.475. The molecular formula is C20H23N5S. The van der Waals surface area contributed by atoms with Gasteiger partial charge in [0.1, 0.15) is 5.69 Å². The van der Waals surface area contributed by atoms with Crippen molar-refractivity contribution in [1.29, 1.82) is 0 Å². The molecule has 0 atom stereocenters. The van der Waals surface area contributed by atoms with Gasteiger partial charge in [-0.25, -0.2) is 4.98 Å². The maximum absolute atomic E-state index is 4.34. The summed E-state index contributed by atoms with van der Waals surface area (Å²) >= 11 is 1.66. The Morgan fingerprint density at radius 1 is 1.12 bits per heavy atom. The van der Waals surface area contributed by atoms with E-state index in [1.807, 2.05) is 10.6 Å². The number of allylic oxidation sites excluding steroid dienone is 1. The zero-order valence-electron chi connectivity index (χ0n) is 15.4. The lowest BCUT2D eigenvalue weighted by Gasteiger charge is -2.19. The first kappa shape index (κ1) is 18.3. The van der Waals surface area contributed by atoms with Crippen molar-refractivity contribution in [2.75, 3.05) is 0 Å². The van der Waals surface area contributed by atoms with Gasteiger partial charge in [-0.05, 0) is 16.5 Å². The van der Waals surface area contributed by atoms with Crippen LogP contribution in [0, 0.1) is 0 Å². The first-order chi connectivity index (χ1) is 12.5. The standard InChI is InChI=1S/C20H23N5S/c1-5-12-25-18(17-13-21-10-11-22-17)23-24-19(25)26-14-15-6-8-16(9-7-15)20(2,3)4/h5-11,13H,1,12,14H2,2-4H3. The number of hydrogen-bond acceptors (Lipinski definition) is 5. The van der Waals surface area contributed by atoms with Gasteiger partial charge in [0, 0.05) is 24.7 Å². The predicted octanol–water partition coefficient (Wildman–Crippen LogP) is 4.51. The van der Waals surface area contributed by atoms with Gasteiger partial charge in [0.05, 0.1) is 6.20 Å². The molecule has 0 aliphatic rings. The lowest BCUT2D eigenvalue weighted by Crippen LogP contribution is -2.10. The third-order valence-corrected chi connectivity index (χ3v) is 5.05. The van der Waals surface area contributed by atoms with E-state index < -0.39 is 0 Å². The minimum absolute atomic E-state index is 0.168. The van der Waals surface area contributed by atoms with Crippen LogP contribution in [-0.4, -0.2) is 24.7 Å². The third-order valence-electron chi connectivity index (χ3n) is 4.01. The van der Waals surface area contributed by atoms with E-state index in [2.05, 4.69) is 71.8 Å². The van der Waals surface area contributed by atoms with Crippen molar-refractivity contribution in [3.63, 3.8) is 0 Å². The molecule has 0 unspecified atom stereocenters. The molecule has 6 heteroatoms. The van der Waals surface area contributed by atoms with Crippen LogP contribution in [0.25, 0.3) is 11.5 Å². The molecule has 0 spiro atoms. The maximum atomic E-state index is 4.34. The van der Waals surface area contributed by atoms with Gasteiger partial charge >= 0.3 is 0 Å². The van der Waals surface area contributed by atoms with Gasteiger partial charge in [-0.1, -0.05) is 62.9 Å². The zero-order valence-corrected chi connectivity index (χ0v) is 16.2. The van der Waals surface area contributed by atoms with Crippen molar-refractivity contribution in [1.82, 2.24) is 24.7 Å². The van der Waals surface area contributed by atoms with Crippen LogP contribution in [0.1, 0.15) is 31.9 Å². The van der Waals surface area contributed by atoms with Crippen molar-refractivity contribution in [3.8, 4) is 11.5 Å². The van der Waals surface area contributed by atoms with Gasteiger partial charge in [0.2, 0.25) is 0 Å². The minimum Gasteiger partial charge on any atom is -0.297 e. The Morgan fingerprint density at radius 2 is 1.88 bits per heavy atom. The Balaban J connectivity index is 1.78. The topological polar surface area (TPSA) is 56.5 Å². The summed E-state index contributed by atoms with van der Waals surface area (Å²) in [5.74, 6) is 1.55. The lowest BCUT2D eigenvalue weighted by atomic mass is 9.87. The molecule has 2 aromatic heterocycles.